The Morgan fingerprint density at radius 3 is 2.86 bits per heavy atom. The van der Waals surface area contributed by atoms with Crippen LogP contribution in [-0.2, 0) is 4.79 Å². The van der Waals surface area contributed by atoms with Crippen LogP contribution >= 0.6 is 11.3 Å². The summed E-state index contributed by atoms with van der Waals surface area (Å²) in [7, 11) is 0. The van der Waals surface area contributed by atoms with Gasteiger partial charge in [-0.2, -0.15) is 0 Å². The quantitative estimate of drug-likeness (QED) is 0.917. The van der Waals surface area contributed by atoms with Crippen molar-refractivity contribution < 1.29 is 4.79 Å². The summed E-state index contributed by atoms with van der Waals surface area (Å²) in [5.41, 5.74) is 1.11. The standard InChI is InChI=1S/C15H24N4OS/c1-11(13-10-21-12(2)17-13)19-7-3-4-14(19)15(20)18-8-5-16-6-9-18/h10-11,14,16H,3-9H2,1-2H3. The molecule has 3 heterocycles. The largest absolute Gasteiger partial charge is 0.339 e. The topological polar surface area (TPSA) is 48.5 Å². The number of aryl methyl sites for hydroxylation is 1. The molecular formula is C15H24N4OS. The first kappa shape index (κ1) is 14.9. The van der Waals surface area contributed by atoms with E-state index in [-0.39, 0.29) is 12.1 Å². The predicted octanol–water partition coefficient (Wildman–Crippen LogP) is 1.41. The van der Waals surface area contributed by atoms with Crippen molar-refractivity contribution >= 4 is 17.2 Å². The van der Waals surface area contributed by atoms with Gasteiger partial charge in [0.05, 0.1) is 22.8 Å². The Bertz CT molecular complexity index is 498. The van der Waals surface area contributed by atoms with Crippen molar-refractivity contribution in [3.63, 3.8) is 0 Å². The van der Waals surface area contributed by atoms with Crippen LogP contribution in [0.15, 0.2) is 5.38 Å². The van der Waals surface area contributed by atoms with Gasteiger partial charge in [-0.15, -0.1) is 11.3 Å². The van der Waals surface area contributed by atoms with Gasteiger partial charge >= 0.3 is 0 Å². The molecule has 2 saturated heterocycles. The third-order valence-electron chi connectivity index (χ3n) is 4.57. The number of thiazole rings is 1. The summed E-state index contributed by atoms with van der Waals surface area (Å²) in [5, 5.41) is 6.53. The van der Waals surface area contributed by atoms with E-state index in [2.05, 4.69) is 27.5 Å². The zero-order valence-corrected chi connectivity index (χ0v) is 13.7. The van der Waals surface area contributed by atoms with Crippen LogP contribution in [-0.4, -0.2) is 59.5 Å². The van der Waals surface area contributed by atoms with Crippen LogP contribution < -0.4 is 5.32 Å². The maximum atomic E-state index is 12.8. The third kappa shape index (κ3) is 3.12. The molecule has 3 rings (SSSR count). The SMILES string of the molecule is Cc1nc(C(C)N2CCCC2C(=O)N2CCNCC2)cs1. The number of piperazine rings is 1. The molecule has 1 N–H and O–H groups in total. The molecule has 21 heavy (non-hydrogen) atoms. The summed E-state index contributed by atoms with van der Waals surface area (Å²) in [4.78, 5) is 21.8. The average Bonchev–Trinajstić information content (AvgIpc) is 3.15. The second-order valence-corrected chi connectivity index (χ2v) is 7.00. The number of likely N-dealkylation sites (tertiary alicyclic amines) is 1. The number of carbonyl (C=O) groups excluding carboxylic acids is 1. The van der Waals surface area contributed by atoms with Gasteiger partial charge in [0.15, 0.2) is 0 Å². The van der Waals surface area contributed by atoms with Gasteiger partial charge in [0.2, 0.25) is 5.91 Å². The number of hydrogen-bond donors (Lipinski definition) is 1. The number of rotatable bonds is 3. The lowest BCUT2D eigenvalue weighted by Gasteiger charge is -2.35. The molecule has 116 valence electrons. The van der Waals surface area contributed by atoms with Crippen molar-refractivity contribution in [2.45, 2.75) is 38.8 Å². The van der Waals surface area contributed by atoms with Crippen molar-refractivity contribution in [1.82, 2.24) is 20.1 Å². The molecule has 0 spiro atoms. The molecule has 0 radical (unpaired) electrons. The van der Waals surface area contributed by atoms with Gasteiger partial charge in [-0.05, 0) is 33.2 Å². The van der Waals surface area contributed by atoms with E-state index >= 15 is 0 Å². The Morgan fingerprint density at radius 1 is 1.43 bits per heavy atom. The Balaban J connectivity index is 1.71. The fourth-order valence-corrected chi connectivity index (χ4v) is 4.05. The van der Waals surface area contributed by atoms with E-state index in [0.717, 1.165) is 56.3 Å². The number of aromatic nitrogens is 1. The molecule has 0 saturated carbocycles. The van der Waals surface area contributed by atoms with Crippen LogP contribution in [0.1, 0.15) is 36.5 Å². The first-order valence-corrected chi connectivity index (χ1v) is 8.72. The first-order valence-electron chi connectivity index (χ1n) is 7.84. The molecule has 1 amide bonds. The van der Waals surface area contributed by atoms with E-state index in [9.17, 15) is 4.79 Å². The highest BCUT2D eigenvalue weighted by Gasteiger charge is 2.37. The van der Waals surface area contributed by atoms with Crippen molar-refractivity contribution in [2.75, 3.05) is 32.7 Å². The van der Waals surface area contributed by atoms with Gasteiger partial charge in [-0.3, -0.25) is 9.69 Å². The minimum absolute atomic E-state index is 0.0418. The van der Waals surface area contributed by atoms with E-state index in [1.807, 2.05) is 11.8 Å². The van der Waals surface area contributed by atoms with E-state index in [0.29, 0.717) is 5.91 Å². The van der Waals surface area contributed by atoms with Gasteiger partial charge in [0.1, 0.15) is 0 Å². The van der Waals surface area contributed by atoms with Crippen LogP contribution in [0.5, 0.6) is 0 Å². The fraction of sp³-hybridized carbons (Fsp3) is 0.733. The van der Waals surface area contributed by atoms with E-state index in [1.165, 1.54) is 0 Å². The summed E-state index contributed by atoms with van der Waals surface area (Å²) in [5.74, 6) is 0.313. The van der Waals surface area contributed by atoms with Crippen LogP contribution in [0, 0.1) is 6.92 Å². The van der Waals surface area contributed by atoms with E-state index in [4.69, 9.17) is 0 Å². The third-order valence-corrected chi connectivity index (χ3v) is 5.36. The van der Waals surface area contributed by atoms with Gasteiger partial charge < -0.3 is 10.2 Å². The molecule has 2 aliphatic rings. The number of amides is 1. The fourth-order valence-electron chi connectivity index (χ4n) is 3.36. The highest BCUT2D eigenvalue weighted by Crippen LogP contribution is 2.30. The predicted molar refractivity (Wildman–Crippen MR) is 84.4 cm³/mol. The zero-order valence-electron chi connectivity index (χ0n) is 12.8. The number of nitrogens with zero attached hydrogens (tertiary/aromatic N) is 3. The lowest BCUT2D eigenvalue weighted by atomic mass is 10.1. The molecule has 2 atom stereocenters. The zero-order chi connectivity index (χ0) is 14.8. The van der Waals surface area contributed by atoms with Crippen LogP contribution in [0.3, 0.4) is 0 Å². The summed E-state index contributed by atoms with van der Waals surface area (Å²) in [6.45, 7) is 8.73. The van der Waals surface area contributed by atoms with Crippen LogP contribution in [0.4, 0.5) is 0 Å². The number of nitrogens with one attached hydrogen (secondary N) is 1. The molecule has 0 bridgehead atoms. The number of carbonyl (C=O) groups is 1. The van der Waals surface area contributed by atoms with E-state index in [1.54, 1.807) is 11.3 Å². The highest BCUT2D eigenvalue weighted by atomic mass is 32.1. The Labute approximate surface area is 130 Å². The highest BCUT2D eigenvalue weighted by molar-refractivity contribution is 7.09. The lowest BCUT2D eigenvalue weighted by molar-refractivity contribution is -0.137. The summed E-state index contributed by atoms with van der Waals surface area (Å²) in [6, 6.07) is 0.273. The smallest absolute Gasteiger partial charge is 0.240 e. The lowest BCUT2D eigenvalue weighted by Crippen LogP contribution is -2.52. The Kier molecular flexibility index (Phi) is 4.57. The van der Waals surface area contributed by atoms with Crippen molar-refractivity contribution in [3.8, 4) is 0 Å². The maximum absolute atomic E-state index is 12.8. The van der Waals surface area contributed by atoms with Crippen molar-refractivity contribution in [2.24, 2.45) is 0 Å². The molecule has 1 aromatic rings. The Morgan fingerprint density at radius 2 is 2.19 bits per heavy atom. The monoisotopic (exact) mass is 308 g/mol. The second kappa shape index (κ2) is 6.42. The normalized spacial score (nSPS) is 25.2. The van der Waals surface area contributed by atoms with Crippen LogP contribution in [0.2, 0.25) is 0 Å². The Hall–Kier alpha value is -0.980. The van der Waals surface area contributed by atoms with Gasteiger partial charge in [-0.1, -0.05) is 0 Å². The molecule has 0 aromatic carbocycles. The van der Waals surface area contributed by atoms with E-state index < -0.39 is 0 Å². The van der Waals surface area contributed by atoms with Gasteiger partial charge in [0.25, 0.3) is 0 Å². The maximum Gasteiger partial charge on any atom is 0.240 e. The average molecular weight is 308 g/mol. The summed E-state index contributed by atoms with van der Waals surface area (Å²) < 4.78 is 0. The second-order valence-electron chi connectivity index (χ2n) is 5.94. The molecule has 0 aliphatic carbocycles. The van der Waals surface area contributed by atoms with Crippen molar-refractivity contribution in [3.05, 3.63) is 16.1 Å². The molecular weight excluding hydrogens is 284 g/mol. The molecule has 2 fully saturated rings. The van der Waals surface area contributed by atoms with Crippen LogP contribution in [0.25, 0.3) is 0 Å². The number of hydrogen-bond acceptors (Lipinski definition) is 5. The van der Waals surface area contributed by atoms with Gasteiger partial charge in [-0.25, -0.2) is 4.98 Å². The van der Waals surface area contributed by atoms with Crippen molar-refractivity contribution in [1.29, 1.82) is 0 Å². The minimum atomic E-state index is 0.0418. The minimum Gasteiger partial charge on any atom is -0.339 e. The molecule has 2 unspecified atom stereocenters. The molecule has 2 aliphatic heterocycles. The van der Waals surface area contributed by atoms with Gasteiger partial charge in [0, 0.05) is 31.6 Å². The molecule has 1 aromatic heterocycles. The first-order chi connectivity index (χ1) is 10.2. The summed E-state index contributed by atoms with van der Waals surface area (Å²) in [6.07, 6.45) is 2.09. The molecule has 6 heteroatoms. The summed E-state index contributed by atoms with van der Waals surface area (Å²) >= 11 is 1.69. The molecule has 5 nitrogen and oxygen atoms in total.